The van der Waals surface area contributed by atoms with E-state index < -0.39 is 0 Å². The summed E-state index contributed by atoms with van der Waals surface area (Å²) in [6.45, 7) is 5.22. The van der Waals surface area contributed by atoms with Gasteiger partial charge in [-0.25, -0.2) is 0 Å². The van der Waals surface area contributed by atoms with Crippen molar-refractivity contribution in [3.63, 3.8) is 0 Å². The van der Waals surface area contributed by atoms with E-state index in [-0.39, 0.29) is 0 Å². The predicted octanol–water partition coefficient (Wildman–Crippen LogP) is 5.37. The van der Waals surface area contributed by atoms with Crippen LogP contribution in [0, 0.1) is 6.92 Å². The second kappa shape index (κ2) is 6.89. The van der Waals surface area contributed by atoms with Crippen molar-refractivity contribution in [1.82, 2.24) is 5.32 Å². The molecule has 0 radical (unpaired) electrons. The molecule has 4 heteroatoms. The number of rotatable bonds is 5. The Bertz CT molecular complexity index is 553. The van der Waals surface area contributed by atoms with Crippen LogP contribution in [-0.2, 0) is 6.42 Å². The highest BCUT2D eigenvalue weighted by Gasteiger charge is 2.15. The van der Waals surface area contributed by atoms with Gasteiger partial charge in [0.2, 0.25) is 0 Å². The molecule has 0 aliphatic carbocycles. The maximum Gasteiger partial charge on any atom is 0.0701 e. The molecule has 1 nitrogen and oxygen atoms in total. The van der Waals surface area contributed by atoms with Crippen LogP contribution in [0.2, 0.25) is 5.02 Å². The summed E-state index contributed by atoms with van der Waals surface area (Å²) >= 11 is 11.4. The number of hydrogen-bond donors (Lipinski definition) is 1. The first-order valence-corrected chi connectivity index (χ1v) is 8.32. The summed E-state index contributed by atoms with van der Waals surface area (Å²) in [4.78, 5) is 1.37. The summed E-state index contributed by atoms with van der Waals surface area (Å²) in [7, 11) is 0. The van der Waals surface area contributed by atoms with Crippen LogP contribution in [0.5, 0.6) is 0 Å². The molecule has 1 unspecified atom stereocenters. The molecule has 1 aromatic heterocycles. The number of aryl methyl sites for hydroxylation is 1. The monoisotopic (exact) mass is 357 g/mol. The molecule has 0 saturated carbocycles. The Morgan fingerprint density at radius 3 is 2.74 bits per heavy atom. The van der Waals surface area contributed by atoms with Crippen molar-refractivity contribution in [3.05, 3.63) is 55.1 Å². The number of benzene rings is 1. The second-order valence-electron chi connectivity index (χ2n) is 4.52. The summed E-state index contributed by atoms with van der Waals surface area (Å²) in [5, 5.41) is 4.36. The first kappa shape index (κ1) is 15.0. The lowest BCUT2D eigenvalue weighted by atomic mass is 9.98. The van der Waals surface area contributed by atoms with E-state index in [1.54, 1.807) is 11.3 Å². The minimum atomic E-state index is 0.314. The van der Waals surface area contributed by atoms with Gasteiger partial charge in [0.15, 0.2) is 0 Å². The van der Waals surface area contributed by atoms with Crippen LogP contribution in [0.25, 0.3) is 0 Å². The number of hydrogen-bond acceptors (Lipinski definition) is 2. The molecule has 19 heavy (non-hydrogen) atoms. The third kappa shape index (κ3) is 4.06. The summed E-state index contributed by atoms with van der Waals surface area (Å²) < 4.78 is 1.18. The van der Waals surface area contributed by atoms with Gasteiger partial charge in [-0.1, -0.05) is 24.6 Å². The van der Waals surface area contributed by atoms with E-state index in [2.05, 4.69) is 59.4 Å². The van der Waals surface area contributed by atoms with Crippen LogP contribution in [0.3, 0.4) is 0 Å². The molecule has 0 aliphatic heterocycles. The van der Waals surface area contributed by atoms with Gasteiger partial charge in [0, 0.05) is 22.4 Å². The standard InChI is InChI=1S/C15H17BrClNS/c1-3-18-14(9-12-6-7-15(16)19-12)13-8-11(17)5-4-10(13)2/h4-8,14,18H,3,9H2,1-2H3. The number of likely N-dealkylation sites (N-methyl/N-ethyl adjacent to an activating group) is 1. The van der Waals surface area contributed by atoms with Crippen LogP contribution in [-0.4, -0.2) is 6.54 Å². The number of halogens is 2. The molecule has 2 aromatic rings. The minimum Gasteiger partial charge on any atom is -0.310 e. The fraction of sp³-hybridized carbons (Fsp3) is 0.333. The normalized spacial score (nSPS) is 12.6. The second-order valence-corrected chi connectivity index (χ2v) is 7.51. The van der Waals surface area contributed by atoms with Crippen molar-refractivity contribution < 1.29 is 0 Å². The van der Waals surface area contributed by atoms with Crippen molar-refractivity contribution in [2.24, 2.45) is 0 Å². The van der Waals surface area contributed by atoms with Gasteiger partial charge >= 0.3 is 0 Å². The predicted molar refractivity (Wildman–Crippen MR) is 88.3 cm³/mol. The molecule has 0 amide bonds. The molecule has 102 valence electrons. The lowest BCUT2D eigenvalue weighted by molar-refractivity contribution is 0.551. The topological polar surface area (TPSA) is 12.0 Å². The van der Waals surface area contributed by atoms with Crippen LogP contribution in [0.15, 0.2) is 34.1 Å². The van der Waals surface area contributed by atoms with Crippen LogP contribution < -0.4 is 5.32 Å². The van der Waals surface area contributed by atoms with Crippen LogP contribution >= 0.6 is 38.9 Å². The highest BCUT2D eigenvalue weighted by Crippen LogP contribution is 2.29. The molecule has 0 aliphatic rings. The fourth-order valence-corrected chi connectivity index (χ4v) is 3.90. The third-order valence-electron chi connectivity index (χ3n) is 3.10. The Morgan fingerprint density at radius 2 is 2.11 bits per heavy atom. The van der Waals surface area contributed by atoms with E-state index in [0.29, 0.717) is 6.04 Å². The van der Waals surface area contributed by atoms with Crippen molar-refractivity contribution >= 4 is 38.9 Å². The SMILES string of the molecule is CCNC(Cc1ccc(Br)s1)c1cc(Cl)ccc1C. The van der Waals surface area contributed by atoms with Crippen molar-refractivity contribution in [2.75, 3.05) is 6.54 Å². The quantitative estimate of drug-likeness (QED) is 0.758. The number of thiophene rings is 1. The minimum absolute atomic E-state index is 0.314. The third-order valence-corrected chi connectivity index (χ3v) is 4.98. The maximum atomic E-state index is 6.14. The van der Waals surface area contributed by atoms with Crippen LogP contribution in [0.4, 0.5) is 0 Å². The summed E-state index contributed by atoms with van der Waals surface area (Å²) in [6.07, 6.45) is 0.991. The van der Waals surface area contributed by atoms with Gasteiger partial charge in [0.05, 0.1) is 3.79 Å². The van der Waals surface area contributed by atoms with Crippen molar-refractivity contribution in [1.29, 1.82) is 0 Å². The molecular weight excluding hydrogens is 342 g/mol. The first-order valence-electron chi connectivity index (χ1n) is 6.33. The fourth-order valence-electron chi connectivity index (χ4n) is 2.19. The van der Waals surface area contributed by atoms with E-state index in [9.17, 15) is 0 Å². The van der Waals surface area contributed by atoms with Crippen molar-refractivity contribution in [3.8, 4) is 0 Å². The van der Waals surface area contributed by atoms with Gasteiger partial charge in [-0.15, -0.1) is 11.3 Å². The van der Waals surface area contributed by atoms with Gasteiger partial charge in [-0.2, -0.15) is 0 Å². The lowest BCUT2D eigenvalue weighted by Gasteiger charge is -2.20. The molecule has 1 N–H and O–H groups in total. The van der Waals surface area contributed by atoms with E-state index in [0.717, 1.165) is 18.0 Å². The van der Waals surface area contributed by atoms with Gasteiger partial charge in [0.1, 0.15) is 0 Å². The Morgan fingerprint density at radius 1 is 1.32 bits per heavy atom. The zero-order valence-corrected chi connectivity index (χ0v) is 14.2. The zero-order valence-electron chi connectivity index (χ0n) is 11.0. The maximum absolute atomic E-state index is 6.14. The molecule has 0 saturated heterocycles. The lowest BCUT2D eigenvalue weighted by Crippen LogP contribution is -2.23. The Hall–Kier alpha value is -0.350. The molecule has 0 spiro atoms. The highest BCUT2D eigenvalue weighted by atomic mass is 79.9. The van der Waals surface area contributed by atoms with E-state index in [1.807, 2.05) is 6.07 Å². The first-order chi connectivity index (χ1) is 9.10. The van der Waals surface area contributed by atoms with E-state index in [4.69, 9.17) is 11.6 Å². The van der Waals surface area contributed by atoms with Crippen molar-refractivity contribution in [2.45, 2.75) is 26.3 Å². The zero-order chi connectivity index (χ0) is 13.8. The molecule has 2 rings (SSSR count). The van der Waals surface area contributed by atoms with Gasteiger partial charge in [-0.3, -0.25) is 0 Å². The summed E-state index contributed by atoms with van der Waals surface area (Å²) in [5.74, 6) is 0. The molecule has 1 atom stereocenters. The molecular formula is C15H17BrClNS. The van der Waals surface area contributed by atoms with Crippen LogP contribution in [0.1, 0.15) is 29.0 Å². The molecule has 0 fully saturated rings. The average Bonchev–Trinajstić information content (AvgIpc) is 2.77. The Labute approximate surface area is 132 Å². The Balaban J connectivity index is 2.26. The molecule has 1 heterocycles. The highest BCUT2D eigenvalue weighted by molar-refractivity contribution is 9.11. The smallest absolute Gasteiger partial charge is 0.0701 e. The van der Waals surface area contributed by atoms with Gasteiger partial charge in [0.25, 0.3) is 0 Å². The summed E-state index contributed by atoms with van der Waals surface area (Å²) in [6, 6.07) is 10.7. The molecule has 1 aromatic carbocycles. The van der Waals surface area contributed by atoms with Gasteiger partial charge < -0.3 is 5.32 Å². The largest absolute Gasteiger partial charge is 0.310 e. The summed E-state index contributed by atoms with van der Waals surface area (Å²) in [5.41, 5.74) is 2.57. The Kier molecular flexibility index (Phi) is 5.46. The molecule has 0 bridgehead atoms. The van der Waals surface area contributed by atoms with E-state index in [1.165, 1.54) is 19.8 Å². The van der Waals surface area contributed by atoms with E-state index >= 15 is 0 Å². The van der Waals surface area contributed by atoms with Gasteiger partial charge in [-0.05, 0) is 64.8 Å². The number of nitrogens with one attached hydrogen (secondary N) is 1. The average molecular weight is 359 g/mol.